The molecule has 1 aliphatic heterocycles. The van der Waals surface area contributed by atoms with Crippen LogP contribution in [0.5, 0.6) is 0 Å². The van der Waals surface area contributed by atoms with E-state index in [1.807, 2.05) is 0 Å². The van der Waals surface area contributed by atoms with Crippen LogP contribution < -0.4 is 0 Å². The number of ether oxygens (including phenoxy) is 2. The summed E-state index contributed by atoms with van der Waals surface area (Å²) in [5.74, 6) is -5.70. The van der Waals surface area contributed by atoms with Crippen LogP contribution in [0.2, 0.25) is 0 Å². The Morgan fingerprint density at radius 1 is 1.07 bits per heavy atom. The molecule has 8 heteroatoms. The quantitative estimate of drug-likeness (QED) is 0.505. The monoisotopic (exact) mass is 398 g/mol. The summed E-state index contributed by atoms with van der Waals surface area (Å²) < 4.78 is 11.6. The van der Waals surface area contributed by atoms with Gasteiger partial charge in [-0.05, 0) is 38.0 Å². The maximum atomic E-state index is 11.9. The van der Waals surface area contributed by atoms with Gasteiger partial charge in [-0.2, -0.15) is 0 Å². The molecule has 3 N–H and O–H groups in total. The average molecular weight is 398 g/mol. The Labute approximate surface area is 164 Å². The van der Waals surface area contributed by atoms with Crippen molar-refractivity contribution in [2.75, 3.05) is 13.2 Å². The molecule has 1 spiro atoms. The highest BCUT2D eigenvalue weighted by Crippen LogP contribution is 2.39. The third kappa shape index (κ3) is 5.78. The Kier molecular flexibility index (Phi) is 8.00. The van der Waals surface area contributed by atoms with E-state index in [0.29, 0.717) is 45.3 Å². The molecule has 2 atom stereocenters. The van der Waals surface area contributed by atoms with Gasteiger partial charge in [0.2, 0.25) is 0 Å². The van der Waals surface area contributed by atoms with Gasteiger partial charge in [-0.1, -0.05) is 13.0 Å². The van der Waals surface area contributed by atoms with Crippen molar-refractivity contribution >= 4 is 17.9 Å². The zero-order chi connectivity index (χ0) is 20.7. The smallest absolute Gasteiger partial charge is 0.331 e. The fourth-order valence-corrected chi connectivity index (χ4v) is 4.26. The van der Waals surface area contributed by atoms with Crippen molar-refractivity contribution in [2.24, 2.45) is 17.8 Å². The van der Waals surface area contributed by atoms with E-state index in [4.69, 9.17) is 14.6 Å². The molecule has 0 bridgehead atoms. The predicted octanol–water partition coefficient (Wildman–Crippen LogP) is 2.91. The molecule has 2 rings (SSSR count). The zero-order valence-electron chi connectivity index (χ0n) is 16.3. The van der Waals surface area contributed by atoms with E-state index >= 15 is 0 Å². The number of hydrogen-bond donors (Lipinski definition) is 3. The summed E-state index contributed by atoms with van der Waals surface area (Å²) in [5, 5.41) is 28.2. The first kappa shape index (κ1) is 22.4. The molecule has 1 saturated heterocycles. The second-order valence-electron chi connectivity index (χ2n) is 7.62. The van der Waals surface area contributed by atoms with E-state index in [0.717, 1.165) is 6.42 Å². The molecule has 0 aromatic carbocycles. The van der Waals surface area contributed by atoms with Crippen LogP contribution in [0.25, 0.3) is 0 Å². The summed E-state index contributed by atoms with van der Waals surface area (Å²) in [5.41, 5.74) is 0.0757. The number of allylic oxidation sites excluding steroid dienone is 1. The highest BCUT2D eigenvalue weighted by atomic mass is 16.7. The second-order valence-corrected chi connectivity index (χ2v) is 7.62. The van der Waals surface area contributed by atoms with Crippen molar-refractivity contribution in [1.82, 2.24) is 0 Å². The molecule has 0 aromatic rings. The number of carboxylic acid groups (broad SMARTS) is 3. The number of rotatable bonds is 9. The number of hydrogen-bond acceptors (Lipinski definition) is 5. The van der Waals surface area contributed by atoms with Crippen LogP contribution in [0.1, 0.15) is 58.3 Å². The molecule has 8 nitrogen and oxygen atoms in total. The Balaban J connectivity index is 2.13. The van der Waals surface area contributed by atoms with Gasteiger partial charge in [0.25, 0.3) is 0 Å². The molecule has 2 aliphatic rings. The van der Waals surface area contributed by atoms with Gasteiger partial charge in [-0.3, -0.25) is 9.59 Å². The molecule has 28 heavy (non-hydrogen) atoms. The lowest BCUT2D eigenvalue weighted by Crippen LogP contribution is -2.43. The van der Waals surface area contributed by atoms with E-state index in [-0.39, 0.29) is 24.3 Å². The van der Waals surface area contributed by atoms with Crippen LogP contribution in [0, 0.1) is 17.8 Å². The molecule has 0 amide bonds. The van der Waals surface area contributed by atoms with Gasteiger partial charge in [0, 0.05) is 30.8 Å². The van der Waals surface area contributed by atoms with Crippen molar-refractivity contribution in [3.8, 4) is 0 Å². The van der Waals surface area contributed by atoms with Gasteiger partial charge >= 0.3 is 17.9 Å². The molecule has 1 aliphatic carbocycles. The average Bonchev–Trinajstić information content (AvgIpc) is 2.65. The van der Waals surface area contributed by atoms with Gasteiger partial charge < -0.3 is 24.8 Å². The van der Waals surface area contributed by atoms with Crippen LogP contribution >= 0.6 is 0 Å². The maximum Gasteiger partial charge on any atom is 0.331 e. The van der Waals surface area contributed by atoms with E-state index in [9.17, 15) is 24.6 Å². The third-order valence-corrected chi connectivity index (χ3v) is 5.78. The Morgan fingerprint density at radius 2 is 1.68 bits per heavy atom. The standard InChI is InChI=1S/C20H30O8/c1-2-14(15(18(23)24)4-5-17(21)22)16(19(25)26)12-13-6-8-20(9-7-13)27-10-3-11-28-20/h12-15H,2-11H2,1H3,(H,21,22)(H,23,24)(H,25,26). The van der Waals surface area contributed by atoms with E-state index in [1.54, 1.807) is 13.0 Å². The number of aliphatic carboxylic acids is 3. The largest absolute Gasteiger partial charge is 0.481 e. The fourth-order valence-electron chi connectivity index (χ4n) is 4.26. The summed E-state index contributed by atoms with van der Waals surface area (Å²) in [6.07, 6.45) is 5.25. The highest BCUT2D eigenvalue weighted by molar-refractivity contribution is 5.88. The summed E-state index contributed by atoms with van der Waals surface area (Å²) in [6.45, 7) is 3.07. The molecule has 1 saturated carbocycles. The lowest BCUT2D eigenvalue weighted by atomic mass is 9.77. The lowest BCUT2D eigenvalue weighted by Gasteiger charge is -2.41. The topological polar surface area (TPSA) is 130 Å². The molecule has 0 aromatic heterocycles. The number of carboxylic acids is 3. The lowest BCUT2D eigenvalue weighted by molar-refractivity contribution is -0.281. The first-order valence-electron chi connectivity index (χ1n) is 9.95. The normalized spacial score (nSPS) is 22.5. The Morgan fingerprint density at radius 3 is 2.14 bits per heavy atom. The summed E-state index contributed by atoms with van der Waals surface area (Å²) in [4.78, 5) is 34.5. The molecule has 2 fully saturated rings. The molecular weight excluding hydrogens is 368 g/mol. The van der Waals surface area contributed by atoms with Crippen molar-refractivity contribution in [3.05, 3.63) is 11.6 Å². The van der Waals surface area contributed by atoms with Gasteiger partial charge in [-0.15, -0.1) is 0 Å². The van der Waals surface area contributed by atoms with Crippen molar-refractivity contribution in [3.63, 3.8) is 0 Å². The molecule has 158 valence electrons. The van der Waals surface area contributed by atoms with Gasteiger partial charge in [0.1, 0.15) is 0 Å². The maximum absolute atomic E-state index is 11.9. The number of carbonyl (C=O) groups is 3. The summed E-state index contributed by atoms with van der Waals surface area (Å²) in [7, 11) is 0. The first-order chi connectivity index (χ1) is 13.3. The van der Waals surface area contributed by atoms with Gasteiger partial charge in [0.05, 0.1) is 19.1 Å². The third-order valence-electron chi connectivity index (χ3n) is 5.78. The van der Waals surface area contributed by atoms with Crippen molar-refractivity contribution < 1.29 is 39.2 Å². The van der Waals surface area contributed by atoms with Crippen LogP contribution in [0.4, 0.5) is 0 Å². The minimum Gasteiger partial charge on any atom is -0.481 e. The summed E-state index contributed by atoms with van der Waals surface area (Å²) in [6, 6.07) is 0. The molecule has 1 heterocycles. The first-order valence-corrected chi connectivity index (χ1v) is 9.95. The molecular formula is C20H30O8. The van der Waals surface area contributed by atoms with Crippen LogP contribution in [0.15, 0.2) is 11.6 Å². The van der Waals surface area contributed by atoms with Crippen LogP contribution in [-0.2, 0) is 23.9 Å². The molecule has 0 radical (unpaired) electrons. The summed E-state index contributed by atoms with van der Waals surface area (Å²) >= 11 is 0. The van der Waals surface area contributed by atoms with Crippen LogP contribution in [0.3, 0.4) is 0 Å². The van der Waals surface area contributed by atoms with E-state index in [1.165, 1.54) is 0 Å². The highest BCUT2D eigenvalue weighted by Gasteiger charge is 2.39. The fraction of sp³-hybridized carbons (Fsp3) is 0.750. The Hall–Kier alpha value is -1.93. The van der Waals surface area contributed by atoms with Gasteiger partial charge in [-0.25, -0.2) is 4.79 Å². The van der Waals surface area contributed by atoms with E-state index in [2.05, 4.69) is 0 Å². The van der Waals surface area contributed by atoms with E-state index < -0.39 is 35.5 Å². The minimum atomic E-state index is -1.16. The Bertz CT molecular complexity index is 595. The molecule has 2 unspecified atom stereocenters. The van der Waals surface area contributed by atoms with Crippen LogP contribution in [-0.4, -0.2) is 52.2 Å². The van der Waals surface area contributed by atoms with Crippen molar-refractivity contribution in [2.45, 2.75) is 64.1 Å². The minimum absolute atomic E-state index is 0.00817. The van der Waals surface area contributed by atoms with Gasteiger partial charge in [0.15, 0.2) is 5.79 Å². The second kappa shape index (κ2) is 10.0. The predicted molar refractivity (Wildman–Crippen MR) is 98.7 cm³/mol. The zero-order valence-corrected chi connectivity index (χ0v) is 16.3. The SMILES string of the molecule is CCC(C(=CC1CCC2(CC1)OCCCO2)C(=O)O)C(CCC(=O)O)C(=O)O. The van der Waals surface area contributed by atoms with Crippen molar-refractivity contribution in [1.29, 1.82) is 0 Å².